The Hall–Kier alpha value is -1.03. The molecular weight excluding hydrogens is 489 g/mol. The van der Waals surface area contributed by atoms with Crippen LogP contribution in [0, 0.1) is 12.3 Å². The number of sulfone groups is 1. The van der Waals surface area contributed by atoms with Crippen LogP contribution in [0.1, 0.15) is 45.2 Å². The van der Waals surface area contributed by atoms with Gasteiger partial charge in [0.05, 0.1) is 11.9 Å². The summed E-state index contributed by atoms with van der Waals surface area (Å²) in [4.78, 5) is 4.26. The molecule has 8 heteroatoms. The summed E-state index contributed by atoms with van der Waals surface area (Å²) < 4.78 is 28.7. The minimum absolute atomic E-state index is 0. The summed E-state index contributed by atoms with van der Waals surface area (Å²) in [6, 6.07) is 6.17. The average molecular weight is 525 g/mol. The first-order valence-corrected chi connectivity index (χ1v) is 11.4. The summed E-state index contributed by atoms with van der Waals surface area (Å²) in [5.74, 6) is 1.74. The predicted molar refractivity (Wildman–Crippen MR) is 129 cm³/mol. The van der Waals surface area contributed by atoms with Crippen LogP contribution in [0.25, 0.3) is 0 Å². The Bertz CT molecular complexity index is 747. The van der Waals surface area contributed by atoms with Crippen LogP contribution < -0.4 is 15.4 Å². The number of aliphatic imine (C=N–C) groups is 1. The number of ether oxygens (including phenoxy) is 1. The van der Waals surface area contributed by atoms with Gasteiger partial charge in [-0.2, -0.15) is 0 Å². The van der Waals surface area contributed by atoms with Crippen LogP contribution in [-0.2, 0) is 16.4 Å². The fraction of sp³-hybridized carbons (Fsp3) is 0.650. The van der Waals surface area contributed by atoms with E-state index >= 15 is 0 Å². The molecule has 0 radical (unpaired) electrons. The molecule has 0 amide bonds. The number of rotatable bonds is 9. The van der Waals surface area contributed by atoms with E-state index in [1.807, 2.05) is 40.7 Å². The van der Waals surface area contributed by atoms with Crippen LogP contribution >= 0.6 is 24.0 Å². The predicted octanol–water partition coefficient (Wildman–Crippen LogP) is 3.53. The summed E-state index contributed by atoms with van der Waals surface area (Å²) in [6.07, 6.45) is 1.98. The zero-order valence-corrected chi connectivity index (χ0v) is 21.3. The second-order valence-electron chi connectivity index (χ2n) is 8.10. The number of nitrogens with zero attached hydrogens (tertiary/aromatic N) is 1. The lowest BCUT2D eigenvalue weighted by molar-refractivity contribution is 0.239. The molecule has 162 valence electrons. The third-order valence-electron chi connectivity index (χ3n) is 4.14. The molecule has 6 nitrogen and oxygen atoms in total. The van der Waals surface area contributed by atoms with Gasteiger partial charge in [-0.1, -0.05) is 26.0 Å². The van der Waals surface area contributed by atoms with Crippen molar-refractivity contribution in [3.63, 3.8) is 0 Å². The number of guanidine groups is 1. The summed E-state index contributed by atoms with van der Waals surface area (Å²) in [5, 5.41) is 6.60. The van der Waals surface area contributed by atoms with E-state index in [2.05, 4.69) is 27.8 Å². The van der Waals surface area contributed by atoms with Crippen molar-refractivity contribution >= 4 is 39.8 Å². The summed E-state index contributed by atoms with van der Waals surface area (Å²) in [7, 11) is -1.23. The molecule has 0 spiro atoms. The van der Waals surface area contributed by atoms with E-state index in [4.69, 9.17) is 4.74 Å². The van der Waals surface area contributed by atoms with E-state index in [9.17, 15) is 8.42 Å². The number of aryl methyl sites for hydroxylation is 1. The molecule has 0 fully saturated rings. The smallest absolute Gasteiger partial charge is 0.191 e. The molecule has 1 aromatic carbocycles. The first-order chi connectivity index (χ1) is 12.4. The summed E-state index contributed by atoms with van der Waals surface area (Å²) in [6.45, 7) is 11.4. The number of benzene rings is 1. The molecule has 0 saturated heterocycles. The molecule has 0 atom stereocenters. The van der Waals surface area contributed by atoms with E-state index in [1.165, 1.54) is 6.26 Å². The largest absolute Gasteiger partial charge is 0.491 e. The molecule has 1 rings (SSSR count). The molecule has 0 unspecified atom stereocenters. The fourth-order valence-electron chi connectivity index (χ4n) is 2.44. The van der Waals surface area contributed by atoms with Gasteiger partial charge in [0.1, 0.15) is 15.6 Å². The van der Waals surface area contributed by atoms with Crippen molar-refractivity contribution in [1.29, 1.82) is 0 Å². The van der Waals surface area contributed by atoms with Crippen molar-refractivity contribution < 1.29 is 13.2 Å². The van der Waals surface area contributed by atoms with E-state index in [0.717, 1.165) is 16.9 Å². The molecule has 0 aliphatic carbocycles. The van der Waals surface area contributed by atoms with Gasteiger partial charge in [0.25, 0.3) is 0 Å². The summed E-state index contributed by atoms with van der Waals surface area (Å²) in [5.41, 5.74) is 2.06. The van der Waals surface area contributed by atoms with Crippen LogP contribution in [0.15, 0.2) is 23.2 Å². The maximum absolute atomic E-state index is 11.4. The Morgan fingerprint density at radius 1 is 1.25 bits per heavy atom. The highest BCUT2D eigenvalue weighted by Crippen LogP contribution is 2.22. The van der Waals surface area contributed by atoms with Gasteiger partial charge in [-0.3, -0.25) is 4.99 Å². The van der Waals surface area contributed by atoms with Crippen LogP contribution in [0.2, 0.25) is 0 Å². The fourth-order valence-corrected chi connectivity index (χ4v) is 3.37. The number of halogens is 1. The quantitative estimate of drug-likeness (QED) is 0.293. The van der Waals surface area contributed by atoms with Crippen molar-refractivity contribution in [3.8, 4) is 5.75 Å². The lowest BCUT2D eigenvalue weighted by Gasteiger charge is -2.26. The van der Waals surface area contributed by atoms with Gasteiger partial charge < -0.3 is 15.4 Å². The molecule has 0 aliphatic heterocycles. The molecule has 1 aromatic rings. The number of hydrogen-bond donors (Lipinski definition) is 2. The van der Waals surface area contributed by atoms with Crippen molar-refractivity contribution in [3.05, 3.63) is 29.3 Å². The van der Waals surface area contributed by atoms with Crippen molar-refractivity contribution in [2.75, 3.05) is 25.6 Å². The van der Waals surface area contributed by atoms with Crippen LogP contribution in [0.3, 0.4) is 0 Å². The average Bonchev–Trinajstić information content (AvgIpc) is 2.54. The van der Waals surface area contributed by atoms with Gasteiger partial charge in [0.15, 0.2) is 5.96 Å². The van der Waals surface area contributed by atoms with E-state index < -0.39 is 9.84 Å². The van der Waals surface area contributed by atoms with Crippen LogP contribution in [0.4, 0.5) is 0 Å². The molecule has 2 N–H and O–H groups in total. The van der Waals surface area contributed by atoms with Crippen molar-refractivity contribution in [2.45, 2.75) is 53.7 Å². The first kappa shape index (κ1) is 27.0. The van der Waals surface area contributed by atoms with Crippen molar-refractivity contribution in [1.82, 2.24) is 10.6 Å². The lowest BCUT2D eigenvalue weighted by Crippen LogP contribution is -2.42. The highest BCUT2D eigenvalue weighted by Gasteiger charge is 2.20. The minimum Gasteiger partial charge on any atom is -0.491 e. The Kier molecular flexibility index (Phi) is 11.4. The van der Waals surface area contributed by atoms with Gasteiger partial charge in [-0.15, -0.1) is 24.0 Å². The topological polar surface area (TPSA) is 79.8 Å². The second kappa shape index (κ2) is 11.8. The standard InChI is InChI=1S/C20H35N3O3S.HI/c1-15(2)26-18-12-16(3)8-9-17(18)13-22-19(21-6)23-14-20(4,5)10-11-27(7,24)25;/h8-9,12,15H,10-11,13-14H2,1-7H3,(H2,21,22,23);1H. The Labute approximate surface area is 187 Å². The van der Waals surface area contributed by atoms with E-state index in [-0.39, 0.29) is 41.2 Å². The highest BCUT2D eigenvalue weighted by atomic mass is 127. The van der Waals surface area contributed by atoms with Gasteiger partial charge in [0.2, 0.25) is 0 Å². The maximum atomic E-state index is 11.4. The highest BCUT2D eigenvalue weighted by molar-refractivity contribution is 14.0. The summed E-state index contributed by atoms with van der Waals surface area (Å²) >= 11 is 0. The minimum atomic E-state index is -2.95. The molecule has 0 saturated carbocycles. The number of hydrogen-bond acceptors (Lipinski definition) is 4. The van der Waals surface area contributed by atoms with Gasteiger partial charge in [-0.05, 0) is 44.2 Å². The van der Waals surface area contributed by atoms with Crippen LogP contribution in [0.5, 0.6) is 5.75 Å². The first-order valence-electron chi connectivity index (χ1n) is 9.30. The van der Waals surface area contributed by atoms with E-state index in [0.29, 0.717) is 25.5 Å². The van der Waals surface area contributed by atoms with Crippen LogP contribution in [-0.4, -0.2) is 46.1 Å². The Balaban J connectivity index is 0.00000729. The molecule has 0 bridgehead atoms. The number of nitrogens with one attached hydrogen (secondary N) is 2. The zero-order valence-electron chi connectivity index (χ0n) is 18.1. The lowest BCUT2D eigenvalue weighted by atomic mass is 9.90. The monoisotopic (exact) mass is 525 g/mol. The van der Waals surface area contributed by atoms with Gasteiger partial charge in [-0.25, -0.2) is 8.42 Å². The molecule has 0 aliphatic rings. The second-order valence-corrected chi connectivity index (χ2v) is 10.4. The van der Waals surface area contributed by atoms with E-state index in [1.54, 1.807) is 7.05 Å². The van der Waals surface area contributed by atoms with Gasteiger partial charge in [0, 0.05) is 32.0 Å². The zero-order chi connectivity index (χ0) is 20.7. The molecule has 28 heavy (non-hydrogen) atoms. The third-order valence-corrected chi connectivity index (χ3v) is 5.08. The Morgan fingerprint density at radius 2 is 1.89 bits per heavy atom. The van der Waals surface area contributed by atoms with Crippen molar-refractivity contribution in [2.24, 2.45) is 10.4 Å². The normalized spacial score (nSPS) is 12.5. The van der Waals surface area contributed by atoms with Gasteiger partial charge >= 0.3 is 0 Å². The molecule has 0 heterocycles. The third kappa shape index (κ3) is 11.1. The SMILES string of the molecule is CN=C(NCc1ccc(C)cc1OC(C)C)NCC(C)(C)CCS(C)(=O)=O.I. The maximum Gasteiger partial charge on any atom is 0.191 e. The molecule has 0 aromatic heterocycles. The molecular formula is C20H36IN3O3S. The Morgan fingerprint density at radius 3 is 2.43 bits per heavy atom.